The minimum Gasteiger partial charge on any atom is -0.508 e. The molecular formula is C16H17N5O5. The lowest BCUT2D eigenvalue weighted by atomic mass is 10.1. The van der Waals surface area contributed by atoms with Crippen LogP contribution in [0.5, 0.6) is 5.75 Å². The molecule has 0 aliphatic carbocycles. The number of hydrogen-bond acceptors (Lipinski definition) is 9. The minimum absolute atomic E-state index is 0.109. The van der Waals surface area contributed by atoms with E-state index < -0.39 is 31.1 Å². The van der Waals surface area contributed by atoms with Gasteiger partial charge in [-0.2, -0.15) is 0 Å². The molecule has 0 amide bonds. The zero-order chi connectivity index (χ0) is 18.3. The highest BCUT2D eigenvalue weighted by Gasteiger charge is 2.44. The second-order valence-electron chi connectivity index (χ2n) is 5.95. The lowest BCUT2D eigenvalue weighted by molar-refractivity contribution is -0.0511. The van der Waals surface area contributed by atoms with Gasteiger partial charge in [0.05, 0.1) is 12.9 Å². The number of nitrogens with one attached hydrogen (secondary N) is 1. The summed E-state index contributed by atoms with van der Waals surface area (Å²) in [6, 6.07) is 6.54. The van der Waals surface area contributed by atoms with Gasteiger partial charge in [-0.1, -0.05) is 6.07 Å². The van der Waals surface area contributed by atoms with E-state index in [2.05, 4.69) is 20.3 Å². The number of aromatic hydroxyl groups is 1. The number of aromatic nitrogens is 4. The Bertz CT molecular complexity index is 932. The molecule has 0 radical (unpaired) electrons. The summed E-state index contributed by atoms with van der Waals surface area (Å²) in [6.45, 7) is -0.416. The van der Waals surface area contributed by atoms with Gasteiger partial charge < -0.3 is 30.5 Å². The van der Waals surface area contributed by atoms with Gasteiger partial charge in [-0.3, -0.25) is 4.57 Å². The molecule has 10 heteroatoms. The first-order valence-corrected chi connectivity index (χ1v) is 7.94. The van der Waals surface area contributed by atoms with Crippen LogP contribution < -0.4 is 5.32 Å². The average Bonchev–Trinajstić information content (AvgIpc) is 3.18. The van der Waals surface area contributed by atoms with Gasteiger partial charge in [-0.15, -0.1) is 0 Å². The van der Waals surface area contributed by atoms with Crippen molar-refractivity contribution >= 4 is 22.7 Å². The summed E-state index contributed by atoms with van der Waals surface area (Å²) in [4.78, 5) is 12.6. The van der Waals surface area contributed by atoms with Gasteiger partial charge in [-0.25, -0.2) is 15.0 Å². The van der Waals surface area contributed by atoms with Crippen LogP contribution in [0.4, 0.5) is 11.5 Å². The van der Waals surface area contributed by atoms with E-state index in [0.717, 1.165) is 0 Å². The Balaban J connectivity index is 1.69. The number of imidazole rings is 1. The molecule has 3 aromatic rings. The second-order valence-corrected chi connectivity index (χ2v) is 5.95. The largest absolute Gasteiger partial charge is 0.508 e. The number of benzene rings is 1. The molecular weight excluding hydrogens is 342 g/mol. The van der Waals surface area contributed by atoms with Crippen LogP contribution in [0.3, 0.4) is 0 Å². The van der Waals surface area contributed by atoms with Crippen molar-refractivity contribution < 1.29 is 25.2 Å². The van der Waals surface area contributed by atoms with Crippen molar-refractivity contribution in [1.82, 2.24) is 19.5 Å². The molecule has 4 atom stereocenters. The number of nitrogens with zero attached hydrogens (tertiary/aromatic N) is 4. The van der Waals surface area contributed by atoms with Gasteiger partial charge in [0.1, 0.15) is 30.4 Å². The molecule has 4 rings (SSSR count). The Kier molecular flexibility index (Phi) is 4.17. The summed E-state index contributed by atoms with van der Waals surface area (Å²) >= 11 is 0. The summed E-state index contributed by atoms with van der Waals surface area (Å²) in [5, 5.41) is 42.0. The number of phenolic OH excluding ortho intramolecular Hbond substituents is 1. The molecule has 0 spiro atoms. The Labute approximate surface area is 147 Å². The molecule has 2 aromatic heterocycles. The summed E-state index contributed by atoms with van der Waals surface area (Å²) in [7, 11) is 0. The first-order valence-electron chi connectivity index (χ1n) is 7.94. The highest BCUT2D eigenvalue weighted by molar-refractivity contribution is 5.85. The van der Waals surface area contributed by atoms with Crippen molar-refractivity contribution in [3.05, 3.63) is 36.9 Å². The number of aliphatic hydroxyl groups excluding tert-OH is 3. The third kappa shape index (κ3) is 2.74. The monoisotopic (exact) mass is 359 g/mol. The lowest BCUT2D eigenvalue weighted by Gasteiger charge is -2.16. The number of phenols is 1. The van der Waals surface area contributed by atoms with Crippen LogP contribution in [-0.2, 0) is 4.74 Å². The lowest BCUT2D eigenvalue weighted by Crippen LogP contribution is -2.33. The highest BCUT2D eigenvalue weighted by Crippen LogP contribution is 2.32. The topological polar surface area (TPSA) is 146 Å². The van der Waals surface area contributed by atoms with Crippen molar-refractivity contribution in [3.8, 4) is 5.75 Å². The molecule has 0 bridgehead atoms. The van der Waals surface area contributed by atoms with E-state index in [-0.39, 0.29) is 5.75 Å². The zero-order valence-electron chi connectivity index (χ0n) is 13.5. The van der Waals surface area contributed by atoms with Crippen LogP contribution in [0.2, 0.25) is 0 Å². The van der Waals surface area contributed by atoms with Crippen LogP contribution >= 0.6 is 0 Å². The average molecular weight is 359 g/mol. The fraction of sp³-hybridized carbons (Fsp3) is 0.312. The number of ether oxygens (including phenoxy) is 1. The molecule has 26 heavy (non-hydrogen) atoms. The van der Waals surface area contributed by atoms with Gasteiger partial charge in [0.25, 0.3) is 0 Å². The molecule has 1 unspecified atom stereocenters. The standard InChI is InChI=1S/C16H17N5O5/c22-5-10-12(24)13(25)16(26-10)21-7-19-11-14(17-6-18-15(11)21)20-8-2-1-3-9(23)4-8/h1-4,6-7,10,12-13,16,22-25H,5H2,(H,17,18,20)/t10-,12?,13+,16-/m1/s1. The zero-order valence-corrected chi connectivity index (χ0v) is 13.5. The smallest absolute Gasteiger partial charge is 0.167 e. The number of aliphatic hydroxyl groups is 3. The molecule has 1 saturated heterocycles. The highest BCUT2D eigenvalue weighted by atomic mass is 16.6. The third-order valence-electron chi connectivity index (χ3n) is 4.26. The van der Waals surface area contributed by atoms with E-state index in [1.54, 1.807) is 18.2 Å². The van der Waals surface area contributed by atoms with Gasteiger partial charge in [0.2, 0.25) is 0 Å². The molecule has 1 fully saturated rings. The molecule has 3 heterocycles. The van der Waals surface area contributed by atoms with E-state index in [0.29, 0.717) is 22.7 Å². The van der Waals surface area contributed by atoms with Crippen LogP contribution in [-0.4, -0.2) is 64.9 Å². The fourth-order valence-corrected chi connectivity index (χ4v) is 2.96. The number of anilines is 2. The minimum atomic E-state index is -1.23. The summed E-state index contributed by atoms with van der Waals surface area (Å²) in [5.41, 5.74) is 1.43. The van der Waals surface area contributed by atoms with Crippen molar-refractivity contribution in [2.75, 3.05) is 11.9 Å². The Morgan fingerprint density at radius 1 is 1.15 bits per heavy atom. The summed E-state index contributed by atoms with van der Waals surface area (Å²) < 4.78 is 7.00. The van der Waals surface area contributed by atoms with Gasteiger partial charge in [0.15, 0.2) is 23.2 Å². The molecule has 0 saturated carbocycles. The Morgan fingerprint density at radius 3 is 2.73 bits per heavy atom. The Morgan fingerprint density at radius 2 is 2.00 bits per heavy atom. The molecule has 1 aromatic carbocycles. The van der Waals surface area contributed by atoms with Gasteiger partial charge >= 0.3 is 0 Å². The second kappa shape index (κ2) is 6.50. The first-order chi connectivity index (χ1) is 12.6. The van der Waals surface area contributed by atoms with E-state index in [1.807, 2.05) is 0 Å². The van der Waals surface area contributed by atoms with Gasteiger partial charge in [-0.05, 0) is 12.1 Å². The predicted molar refractivity (Wildman–Crippen MR) is 89.7 cm³/mol. The van der Waals surface area contributed by atoms with Crippen LogP contribution in [0.25, 0.3) is 11.2 Å². The van der Waals surface area contributed by atoms with Gasteiger partial charge in [0, 0.05) is 11.8 Å². The van der Waals surface area contributed by atoms with Crippen molar-refractivity contribution in [2.24, 2.45) is 0 Å². The first kappa shape index (κ1) is 16.7. The van der Waals surface area contributed by atoms with Crippen molar-refractivity contribution in [1.29, 1.82) is 0 Å². The molecule has 1 aliphatic rings. The quantitative estimate of drug-likeness (QED) is 0.430. The Hall–Kier alpha value is -2.79. The molecule has 10 nitrogen and oxygen atoms in total. The van der Waals surface area contributed by atoms with E-state index in [9.17, 15) is 20.4 Å². The third-order valence-corrected chi connectivity index (χ3v) is 4.26. The maximum Gasteiger partial charge on any atom is 0.167 e. The number of fused-ring (bicyclic) bond motifs is 1. The maximum atomic E-state index is 10.2. The van der Waals surface area contributed by atoms with Crippen LogP contribution in [0.1, 0.15) is 6.23 Å². The van der Waals surface area contributed by atoms with Crippen LogP contribution in [0, 0.1) is 0 Å². The van der Waals surface area contributed by atoms with Crippen LogP contribution in [0.15, 0.2) is 36.9 Å². The normalized spacial score (nSPS) is 25.7. The van der Waals surface area contributed by atoms with Crippen molar-refractivity contribution in [2.45, 2.75) is 24.5 Å². The molecule has 5 N–H and O–H groups in total. The summed E-state index contributed by atoms with van der Waals surface area (Å²) in [6.07, 6.45) is -1.52. The summed E-state index contributed by atoms with van der Waals surface area (Å²) in [5.74, 6) is 0.517. The van der Waals surface area contributed by atoms with E-state index in [4.69, 9.17) is 4.74 Å². The SMILES string of the molecule is OC[C@H]1O[C@@H](n2cnc3c(Nc4cccc(O)c4)ncnc32)[C@@H](O)C1O. The number of rotatable bonds is 4. The van der Waals surface area contributed by atoms with E-state index >= 15 is 0 Å². The fourth-order valence-electron chi connectivity index (χ4n) is 2.96. The molecule has 1 aliphatic heterocycles. The van der Waals surface area contributed by atoms with E-state index in [1.165, 1.54) is 23.3 Å². The number of hydrogen-bond donors (Lipinski definition) is 5. The predicted octanol–water partition coefficient (Wildman–Crippen LogP) is -0.113. The maximum absolute atomic E-state index is 10.2. The molecule has 136 valence electrons. The van der Waals surface area contributed by atoms with Crippen molar-refractivity contribution in [3.63, 3.8) is 0 Å².